The molecule has 0 aliphatic carbocycles. The van der Waals surface area contributed by atoms with Crippen LogP contribution in [0.3, 0.4) is 0 Å². The van der Waals surface area contributed by atoms with Crippen molar-refractivity contribution < 1.29 is 5.11 Å². The smallest absolute Gasteiger partial charge is 0.0471 e. The van der Waals surface area contributed by atoms with Crippen LogP contribution in [0.15, 0.2) is 24.3 Å². The van der Waals surface area contributed by atoms with E-state index in [-0.39, 0.29) is 12.6 Å². The number of hydrogen-bond donors (Lipinski definition) is 3. The maximum Gasteiger partial charge on any atom is 0.0471 e. The van der Waals surface area contributed by atoms with E-state index in [2.05, 4.69) is 5.32 Å². The van der Waals surface area contributed by atoms with Gasteiger partial charge in [-0.2, -0.15) is 0 Å². The van der Waals surface area contributed by atoms with Gasteiger partial charge in [-0.1, -0.05) is 12.1 Å². The molecule has 3 nitrogen and oxygen atoms in total. The molecule has 4 N–H and O–H groups in total. The van der Waals surface area contributed by atoms with Crippen LogP contribution >= 0.6 is 0 Å². The average Bonchev–Trinajstić information content (AvgIpc) is 2.16. The molecular formula is C11H18N2O. The van der Waals surface area contributed by atoms with Crippen molar-refractivity contribution in [2.75, 3.05) is 18.5 Å². The molecule has 1 rings (SSSR count). The van der Waals surface area contributed by atoms with Crippen LogP contribution in [-0.4, -0.2) is 24.3 Å². The van der Waals surface area contributed by atoms with Gasteiger partial charge in [-0.15, -0.1) is 0 Å². The van der Waals surface area contributed by atoms with Gasteiger partial charge in [-0.25, -0.2) is 0 Å². The minimum absolute atomic E-state index is 0.150. The van der Waals surface area contributed by atoms with Gasteiger partial charge >= 0.3 is 0 Å². The van der Waals surface area contributed by atoms with Gasteiger partial charge in [-0.3, -0.25) is 0 Å². The second kappa shape index (κ2) is 5.62. The lowest BCUT2D eigenvalue weighted by atomic mass is 10.1. The van der Waals surface area contributed by atoms with Gasteiger partial charge in [0.15, 0.2) is 0 Å². The van der Waals surface area contributed by atoms with E-state index < -0.39 is 0 Å². The maximum absolute atomic E-state index is 8.79. The highest BCUT2D eigenvalue weighted by molar-refractivity contribution is 5.45. The van der Waals surface area contributed by atoms with Crippen LogP contribution in [0.5, 0.6) is 0 Å². The summed E-state index contributed by atoms with van der Waals surface area (Å²) in [6.45, 7) is 2.92. The fraction of sp³-hybridized carbons (Fsp3) is 0.455. The number of nitrogens with two attached hydrogens (primary N) is 1. The Morgan fingerprint density at radius 2 is 2.29 bits per heavy atom. The highest BCUT2D eigenvalue weighted by Crippen LogP contribution is 2.10. The molecule has 0 aliphatic heterocycles. The van der Waals surface area contributed by atoms with Crippen molar-refractivity contribution in [3.05, 3.63) is 29.8 Å². The quantitative estimate of drug-likeness (QED) is 0.655. The van der Waals surface area contributed by atoms with Gasteiger partial charge in [0.05, 0.1) is 0 Å². The lowest BCUT2D eigenvalue weighted by Gasteiger charge is -2.09. The molecule has 78 valence electrons. The summed E-state index contributed by atoms with van der Waals surface area (Å²) in [5.41, 5.74) is 7.84. The molecule has 0 heterocycles. The Balaban J connectivity index is 2.54. The molecule has 0 amide bonds. The number of anilines is 1. The van der Waals surface area contributed by atoms with Crippen molar-refractivity contribution in [1.82, 2.24) is 0 Å². The number of aliphatic hydroxyl groups excluding tert-OH is 1. The van der Waals surface area contributed by atoms with Crippen LogP contribution in [-0.2, 0) is 6.42 Å². The summed E-state index contributed by atoms with van der Waals surface area (Å²) in [6.07, 6.45) is 0.702. The lowest BCUT2D eigenvalue weighted by Crippen LogP contribution is -2.25. The first-order valence-electron chi connectivity index (χ1n) is 4.91. The van der Waals surface area contributed by atoms with E-state index >= 15 is 0 Å². The zero-order valence-corrected chi connectivity index (χ0v) is 8.53. The van der Waals surface area contributed by atoms with Gasteiger partial charge in [0, 0.05) is 24.9 Å². The molecular weight excluding hydrogens is 176 g/mol. The molecule has 0 aliphatic rings. The van der Waals surface area contributed by atoms with Crippen molar-refractivity contribution in [2.45, 2.75) is 19.4 Å². The van der Waals surface area contributed by atoms with Crippen molar-refractivity contribution in [3.8, 4) is 0 Å². The van der Waals surface area contributed by atoms with Gasteiger partial charge in [0.25, 0.3) is 0 Å². The SMILES string of the molecule is CC(N)CNc1cccc(CCO)c1. The second-order valence-corrected chi connectivity index (χ2v) is 3.53. The highest BCUT2D eigenvalue weighted by atomic mass is 16.2. The maximum atomic E-state index is 8.79. The molecule has 0 bridgehead atoms. The van der Waals surface area contributed by atoms with Crippen molar-refractivity contribution in [2.24, 2.45) is 5.73 Å². The molecule has 0 aromatic heterocycles. The number of nitrogens with one attached hydrogen (secondary N) is 1. The Morgan fingerprint density at radius 1 is 1.50 bits per heavy atom. The zero-order valence-electron chi connectivity index (χ0n) is 8.53. The molecule has 1 atom stereocenters. The monoisotopic (exact) mass is 194 g/mol. The third kappa shape index (κ3) is 3.77. The van der Waals surface area contributed by atoms with E-state index in [1.54, 1.807) is 0 Å². The van der Waals surface area contributed by atoms with Crippen LogP contribution < -0.4 is 11.1 Å². The summed E-state index contributed by atoms with van der Waals surface area (Å²) in [7, 11) is 0. The molecule has 1 aromatic carbocycles. The topological polar surface area (TPSA) is 58.3 Å². The molecule has 0 saturated heterocycles. The molecule has 3 heteroatoms. The first-order valence-corrected chi connectivity index (χ1v) is 4.91. The van der Waals surface area contributed by atoms with E-state index in [0.29, 0.717) is 6.42 Å². The molecule has 0 fully saturated rings. The van der Waals surface area contributed by atoms with E-state index in [1.165, 1.54) is 0 Å². The number of benzene rings is 1. The van der Waals surface area contributed by atoms with Crippen molar-refractivity contribution >= 4 is 5.69 Å². The predicted octanol–water partition coefficient (Wildman–Crippen LogP) is 0.980. The minimum atomic E-state index is 0.150. The fourth-order valence-corrected chi connectivity index (χ4v) is 1.24. The number of aliphatic hydroxyl groups is 1. The van der Waals surface area contributed by atoms with Crippen LogP contribution in [0.2, 0.25) is 0 Å². The first kappa shape index (κ1) is 11.0. The Bertz CT molecular complexity index is 274. The Kier molecular flexibility index (Phi) is 4.43. The van der Waals surface area contributed by atoms with Gasteiger partial charge in [0.2, 0.25) is 0 Å². The van der Waals surface area contributed by atoms with Gasteiger partial charge < -0.3 is 16.2 Å². The van der Waals surface area contributed by atoms with E-state index in [1.807, 2.05) is 31.2 Å². The molecule has 0 saturated carbocycles. The van der Waals surface area contributed by atoms with E-state index in [0.717, 1.165) is 17.8 Å². The number of hydrogen-bond acceptors (Lipinski definition) is 3. The summed E-state index contributed by atoms with van der Waals surface area (Å²) in [5.74, 6) is 0. The van der Waals surface area contributed by atoms with Crippen LogP contribution in [0.25, 0.3) is 0 Å². The fourth-order valence-electron chi connectivity index (χ4n) is 1.24. The summed E-state index contributed by atoms with van der Waals surface area (Å²) < 4.78 is 0. The molecule has 0 spiro atoms. The summed E-state index contributed by atoms with van der Waals surface area (Å²) in [6, 6.07) is 8.18. The van der Waals surface area contributed by atoms with Crippen LogP contribution in [0.4, 0.5) is 5.69 Å². The summed E-state index contributed by atoms with van der Waals surface area (Å²) in [5, 5.41) is 12.0. The Morgan fingerprint density at radius 3 is 2.93 bits per heavy atom. The first-order chi connectivity index (χ1) is 6.72. The zero-order chi connectivity index (χ0) is 10.4. The highest BCUT2D eigenvalue weighted by Gasteiger charge is 1.96. The second-order valence-electron chi connectivity index (χ2n) is 3.53. The van der Waals surface area contributed by atoms with Crippen LogP contribution in [0.1, 0.15) is 12.5 Å². The molecule has 1 unspecified atom stereocenters. The van der Waals surface area contributed by atoms with Crippen molar-refractivity contribution in [3.63, 3.8) is 0 Å². The standard InChI is InChI=1S/C11H18N2O/c1-9(12)8-13-11-4-2-3-10(7-11)5-6-14/h2-4,7,9,13-14H,5-6,8,12H2,1H3. The third-order valence-corrected chi connectivity index (χ3v) is 1.96. The third-order valence-electron chi connectivity index (χ3n) is 1.96. The largest absolute Gasteiger partial charge is 0.396 e. The summed E-state index contributed by atoms with van der Waals surface area (Å²) in [4.78, 5) is 0. The van der Waals surface area contributed by atoms with E-state index in [9.17, 15) is 0 Å². The van der Waals surface area contributed by atoms with Gasteiger partial charge in [-0.05, 0) is 31.0 Å². The molecule has 1 aromatic rings. The molecule has 0 radical (unpaired) electrons. The van der Waals surface area contributed by atoms with Crippen molar-refractivity contribution in [1.29, 1.82) is 0 Å². The average molecular weight is 194 g/mol. The summed E-state index contributed by atoms with van der Waals surface area (Å²) >= 11 is 0. The predicted molar refractivity (Wildman–Crippen MR) is 59.4 cm³/mol. The van der Waals surface area contributed by atoms with Crippen LogP contribution in [0, 0.1) is 0 Å². The molecule has 14 heavy (non-hydrogen) atoms. The Hall–Kier alpha value is -1.06. The van der Waals surface area contributed by atoms with E-state index in [4.69, 9.17) is 10.8 Å². The normalized spacial score (nSPS) is 12.5. The number of rotatable bonds is 5. The minimum Gasteiger partial charge on any atom is -0.396 e. The Labute approximate surface area is 84.9 Å². The van der Waals surface area contributed by atoms with Gasteiger partial charge in [0.1, 0.15) is 0 Å². The lowest BCUT2D eigenvalue weighted by molar-refractivity contribution is 0.299.